The second kappa shape index (κ2) is 9.36. The van der Waals surface area contributed by atoms with Gasteiger partial charge in [0.15, 0.2) is 6.61 Å². The van der Waals surface area contributed by atoms with Crippen molar-refractivity contribution in [1.82, 2.24) is 9.88 Å². The van der Waals surface area contributed by atoms with Crippen LogP contribution < -0.4 is 10.1 Å². The highest BCUT2D eigenvalue weighted by Crippen LogP contribution is 2.30. The second-order valence-electron chi connectivity index (χ2n) is 7.57. The van der Waals surface area contributed by atoms with Gasteiger partial charge in [0, 0.05) is 36.8 Å². The predicted molar refractivity (Wildman–Crippen MR) is 109 cm³/mol. The molecule has 1 aliphatic carbocycles. The molecule has 2 aromatic rings. The van der Waals surface area contributed by atoms with Crippen LogP contribution in [0, 0.1) is 12.8 Å². The van der Waals surface area contributed by atoms with Gasteiger partial charge in [-0.15, -0.1) is 0 Å². The molecular formula is C22H24F3N3O3. The Kier molecular flexibility index (Phi) is 6.82. The van der Waals surface area contributed by atoms with Crippen LogP contribution in [0.1, 0.15) is 39.9 Å². The van der Waals surface area contributed by atoms with Crippen molar-refractivity contribution in [3.63, 3.8) is 0 Å². The lowest BCUT2D eigenvalue weighted by Gasteiger charge is -2.17. The number of hydrogen-bond donors (Lipinski definition) is 1. The summed E-state index contributed by atoms with van der Waals surface area (Å²) in [4.78, 5) is 28.0. The molecule has 0 atom stereocenters. The van der Waals surface area contributed by atoms with Crippen molar-refractivity contribution >= 4 is 18.0 Å². The van der Waals surface area contributed by atoms with E-state index in [1.54, 1.807) is 43.3 Å². The maximum atomic E-state index is 12.6. The SMILES string of the molecule is CNc1nccc2c1CN(Cc1ccc(OCC(F)(F)F)c(C)c1)C2=O.O=CC1CC1. The molecule has 0 radical (unpaired) electrons. The number of carbonyl (C=O) groups is 2. The number of anilines is 1. The Labute approximate surface area is 178 Å². The lowest BCUT2D eigenvalue weighted by Crippen LogP contribution is -2.23. The summed E-state index contributed by atoms with van der Waals surface area (Å²) in [6.07, 6.45) is 0.522. The largest absolute Gasteiger partial charge is 0.484 e. The van der Waals surface area contributed by atoms with E-state index in [0.717, 1.165) is 30.3 Å². The maximum Gasteiger partial charge on any atom is 0.422 e. The predicted octanol–water partition coefficient (Wildman–Crippen LogP) is 4.12. The summed E-state index contributed by atoms with van der Waals surface area (Å²) >= 11 is 0. The van der Waals surface area contributed by atoms with Gasteiger partial charge in [0.05, 0.1) is 6.54 Å². The number of aldehydes is 1. The number of ether oxygens (including phenoxy) is 1. The zero-order chi connectivity index (χ0) is 22.6. The number of benzene rings is 1. The van der Waals surface area contributed by atoms with Crippen LogP contribution in [0.3, 0.4) is 0 Å². The minimum absolute atomic E-state index is 0.0889. The van der Waals surface area contributed by atoms with Crippen LogP contribution in [0.4, 0.5) is 19.0 Å². The smallest absolute Gasteiger partial charge is 0.422 e. The van der Waals surface area contributed by atoms with E-state index in [1.807, 2.05) is 0 Å². The van der Waals surface area contributed by atoms with E-state index in [1.165, 1.54) is 6.07 Å². The normalized spacial score (nSPS) is 15.1. The molecule has 1 aliphatic heterocycles. The van der Waals surface area contributed by atoms with Crippen LogP contribution >= 0.6 is 0 Å². The number of rotatable bonds is 6. The molecule has 1 amide bonds. The fourth-order valence-electron chi connectivity index (χ4n) is 3.21. The summed E-state index contributed by atoms with van der Waals surface area (Å²) in [5.74, 6) is 1.22. The molecule has 0 saturated heterocycles. The highest BCUT2D eigenvalue weighted by molar-refractivity contribution is 5.99. The Morgan fingerprint density at radius 1 is 1.29 bits per heavy atom. The summed E-state index contributed by atoms with van der Waals surface area (Å²) in [5.41, 5.74) is 2.88. The Hall–Kier alpha value is -3.10. The minimum atomic E-state index is -4.38. The van der Waals surface area contributed by atoms with Crippen molar-refractivity contribution in [2.45, 2.75) is 39.0 Å². The highest BCUT2D eigenvalue weighted by atomic mass is 19.4. The van der Waals surface area contributed by atoms with Gasteiger partial charge in [0.25, 0.3) is 5.91 Å². The maximum absolute atomic E-state index is 12.6. The Morgan fingerprint density at radius 3 is 2.58 bits per heavy atom. The molecule has 9 heteroatoms. The van der Waals surface area contributed by atoms with Crippen LogP contribution in [0.15, 0.2) is 30.5 Å². The number of amides is 1. The fourth-order valence-corrected chi connectivity index (χ4v) is 3.21. The molecule has 1 aromatic carbocycles. The third-order valence-corrected chi connectivity index (χ3v) is 4.98. The quantitative estimate of drug-likeness (QED) is 0.691. The number of alkyl halides is 3. The van der Waals surface area contributed by atoms with Crippen molar-refractivity contribution in [3.8, 4) is 5.75 Å². The van der Waals surface area contributed by atoms with Crippen LogP contribution in [0.25, 0.3) is 0 Å². The zero-order valence-electron chi connectivity index (χ0n) is 17.3. The van der Waals surface area contributed by atoms with E-state index in [-0.39, 0.29) is 11.7 Å². The molecule has 0 bridgehead atoms. The molecule has 1 N–H and O–H groups in total. The van der Waals surface area contributed by atoms with Gasteiger partial charge in [-0.2, -0.15) is 13.2 Å². The molecule has 1 fully saturated rings. The van der Waals surface area contributed by atoms with Crippen LogP contribution in [0.5, 0.6) is 5.75 Å². The van der Waals surface area contributed by atoms with Gasteiger partial charge in [-0.05, 0) is 43.0 Å². The number of aryl methyl sites for hydroxylation is 1. The topological polar surface area (TPSA) is 71.5 Å². The highest BCUT2D eigenvalue weighted by Gasteiger charge is 2.30. The minimum Gasteiger partial charge on any atom is -0.484 e. The number of fused-ring (bicyclic) bond motifs is 1. The summed E-state index contributed by atoms with van der Waals surface area (Å²) in [7, 11) is 1.75. The zero-order valence-corrected chi connectivity index (χ0v) is 17.3. The number of hydrogen-bond acceptors (Lipinski definition) is 5. The van der Waals surface area contributed by atoms with Crippen molar-refractivity contribution < 1.29 is 27.5 Å². The molecule has 6 nitrogen and oxygen atoms in total. The van der Waals surface area contributed by atoms with Gasteiger partial charge in [-0.25, -0.2) is 4.98 Å². The van der Waals surface area contributed by atoms with Gasteiger partial charge < -0.3 is 19.7 Å². The van der Waals surface area contributed by atoms with Crippen molar-refractivity contribution in [2.24, 2.45) is 5.92 Å². The summed E-state index contributed by atoms with van der Waals surface area (Å²) < 4.78 is 41.6. The number of halogens is 3. The third kappa shape index (κ3) is 5.96. The van der Waals surface area contributed by atoms with E-state index in [0.29, 0.717) is 36.0 Å². The lowest BCUT2D eigenvalue weighted by molar-refractivity contribution is -0.153. The van der Waals surface area contributed by atoms with Gasteiger partial charge in [0.1, 0.15) is 17.9 Å². The van der Waals surface area contributed by atoms with Crippen LogP contribution in [-0.4, -0.2) is 41.9 Å². The molecular weight excluding hydrogens is 411 g/mol. The van der Waals surface area contributed by atoms with E-state index < -0.39 is 12.8 Å². The first-order chi connectivity index (χ1) is 14.7. The Bertz CT molecular complexity index is 959. The summed E-state index contributed by atoms with van der Waals surface area (Å²) in [5, 5.41) is 2.98. The molecule has 4 rings (SSSR count). The van der Waals surface area contributed by atoms with Gasteiger partial charge >= 0.3 is 6.18 Å². The number of aromatic nitrogens is 1. The first kappa shape index (κ1) is 22.6. The summed E-state index contributed by atoms with van der Waals surface area (Å²) in [6, 6.07) is 6.61. The molecule has 31 heavy (non-hydrogen) atoms. The fraction of sp³-hybridized carbons (Fsp3) is 0.409. The van der Waals surface area contributed by atoms with Crippen LogP contribution in [-0.2, 0) is 17.9 Å². The Morgan fingerprint density at radius 2 is 2.03 bits per heavy atom. The molecule has 2 heterocycles. The second-order valence-corrected chi connectivity index (χ2v) is 7.57. The number of pyridine rings is 1. The Balaban J connectivity index is 0.000000478. The average molecular weight is 435 g/mol. The van der Waals surface area contributed by atoms with Crippen molar-refractivity contribution in [2.75, 3.05) is 19.0 Å². The average Bonchev–Trinajstić information content (AvgIpc) is 3.52. The molecule has 0 spiro atoms. The van der Waals surface area contributed by atoms with E-state index in [4.69, 9.17) is 4.74 Å². The van der Waals surface area contributed by atoms with Crippen molar-refractivity contribution in [3.05, 3.63) is 52.7 Å². The van der Waals surface area contributed by atoms with Gasteiger partial charge in [0.2, 0.25) is 0 Å². The molecule has 1 saturated carbocycles. The lowest BCUT2D eigenvalue weighted by atomic mass is 10.1. The molecule has 166 valence electrons. The molecule has 0 unspecified atom stereocenters. The van der Waals surface area contributed by atoms with E-state index in [9.17, 15) is 22.8 Å². The molecule has 1 aromatic heterocycles. The van der Waals surface area contributed by atoms with Gasteiger partial charge in [-0.3, -0.25) is 4.79 Å². The first-order valence-electron chi connectivity index (χ1n) is 9.91. The first-order valence-corrected chi connectivity index (χ1v) is 9.91. The number of nitrogens with one attached hydrogen (secondary N) is 1. The molecule has 2 aliphatic rings. The van der Waals surface area contributed by atoms with E-state index >= 15 is 0 Å². The van der Waals surface area contributed by atoms with Crippen LogP contribution in [0.2, 0.25) is 0 Å². The van der Waals surface area contributed by atoms with Gasteiger partial charge in [-0.1, -0.05) is 12.1 Å². The number of nitrogens with zero attached hydrogens (tertiary/aromatic N) is 2. The monoisotopic (exact) mass is 435 g/mol. The van der Waals surface area contributed by atoms with E-state index in [2.05, 4.69) is 10.3 Å². The number of carbonyl (C=O) groups excluding carboxylic acids is 2. The third-order valence-electron chi connectivity index (χ3n) is 4.98. The van der Waals surface area contributed by atoms with Crippen molar-refractivity contribution in [1.29, 1.82) is 0 Å². The summed E-state index contributed by atoms with van der Waals surface area (Å²) in [6.45, 7) is 1.15. The standard InChI is InChI=1S/C18H18F3N3O2.C4H6O/c1-11-7-12(3-4-15(11)26-10-18(19,20)21)8-24-9-14-13(17(24)25)5-6-23-16(14)22-2;5-3-4-1-2-4/h3-7H,8-10H2,1-2H3,(H,22,23);3-4H,1-2H2.